The monoisotopic (exact) mass is 332 g/mol. The molecule has 4 heteroatoms. The average molecular weight is 334 g/mol. The summed E-state index contributed by atoms with van der Waals surface area (Å²) in [6, 6.07) is 8.74. The molecule has 0 amide bonds. The van der Waals surface area contributed by atoms with Gasteiger partial charge in [0, 0.05) is 20.3 Å². The molecule has 0 saturated carbocycles. The van der Waals surface area contributed by atoms with Gasteiger partial charge in [0.25, 0.3) is 0 Å². The molecule has 0 fully saturated rings. The first-order chi connectivity index (χ1) is 8.11. The topological polar surface area (TPSA) is 0 Å². The summed E-state index contributed by atoms with van der Waals surface area (Å²) in [6.45, 7) is 2.11. The summed E-state index contributed by atoms with van der Waals surface area (Å²) < 4.78 is 13.7. The van der Waals surface area contributed by atoms with Crippen LogP contribution in [0.2, 0.25) is 5.02 Å². The smallest absolute Gasteiger partial charge is 0.128 e. The first kappa shape index (κ1) is 13.1. The predicted octanol–water partition coefficient (Wildman–Crippen LogP) is 5.59. The Morgan fingerprint density at radius 3 is 2.76 bits per heavy atom. The van der Waals surface area contributed by atoms with E-state index in [1.807, 2.05) is 6.07 Å². The molecule has 1 heterocycles. The lowest BCUT2D eigenvalue weighted by molar-refractivity contribution is 0.614. The Balaban J connectivity index is 2.35. The number of aryl methyl sites for hydroxylation is 1. The van der Waals surface area contributed by atoms with Crippen LogP contribution < -0.4 is 0 Å². The van der Waals surface area contributed by atoms with Crippen LogP contribution in [0.3, 0.4) is 0 Å². The van der Waals surface area contributed by atoms with Gasteiger partial charge in [-0.05, 0) is 36.8 Å². The molecule has 0 aliphatic rings. The Labute approximate surface area is 118 Å². The van der Waals surface area contributed by atoms with Crippen molar-refractivity contribution in [2.75, 3.05) is 0 Å². The third-order valence-corrected chi connectivity index (χ3v) is 5.33. The Morgan fingerprint density at radius 2 is 2.12 bits per heavy atom. The largest absolute Gasteiger partial charge is 0.207 e. The third-order valence-electron chi connectivity index (χ3n) is 2.51. The number of thiophene rings is 1. The maximum Gasteiger partial charge on any atom is 0.128 e. The van der Waals surface area contributed by atoms with E-state index < -0.39 is 0 Å². The van der Waals surface area contributed by atoms with E-state index in [1.165, 1.54) is 10.9 Å². The summed E-state index contributed by atoms with van der Waals surface area (Å²) in [5.41, 5.74) is 0.585. The van der Waals surface area contributed by atoms with Crippen LogP contribution >= 0.6 is 38.9 Å². The highest BCUT2D eigenvalue weighted by atomic mass is 79.9. The Hall–Kier alpha value is -0.380. The molecule has 90 valence electrons. The first-order valence-corrected chi connectivity index (χ1v) is 7.40. The van der Waals surface area contributed by atoms with E-state index in [4.69, 9.17) is 11.6 Å². The van der Waals surface area contributed by atoms with Gasteiger partial charge in [-0.25, -0.2) is 4.39 Å². The first-order valence-electron chi connectivity index (χ1n) is 5.29. The zero-order valence-corrected chi connectivity index (χ0v) is 12.4. The summed E-state index contributed by atoms with van der Waals surface area (Å²) in [5.74, 6) is -0.234. The lowest BCUT2D eigenvalue weighted by atomic mass is 10.1. The van der Waals surface area contributed by atoms with Crippen LogP contribution in [0, 0.1) is 5.82 Å². The molecular formula is C13H11BrClFS. The molecule has 0 nitrogen and oxygen atoms in total. The van der Waals surface area contributed by atoms with Gasteiger partial charge in [-0.2, -0.15) is 0 Å². The molecule has 17 heavy (non-hydrogen) atoms. The van der Waals surface area contributed by atoms with Crippen LogP contribution in [-0.2, 0) is 6.42 Å². The molecule has 1 unspecified atom stereocenters. The average Bonchev–Trinajstić information content (AvgIpc) is 2.80. The van der Waals surface area contributed by atoms with E-state index in [1.54, 1.807) is 23.5 Å². The molecule has 0 aliphatic carbocycles. The van der Waals surface area contributed by atoms with Gasteiger partial charge < -0.3 is 0 Å². The molecule has 0 N–H and O–H groups in total. The normalized spacial score (nSPS) is 12.7. The Morgan fingerprint density at radius 1 is 1.35 bits per heavy atom. The summed E-state index contributed by atoms with van der Waals surface area (Å²) in [7, 11) is 0. The number of hydrogen-bond acceptors (Lipinski definition) is 1. The molecule has 0 saturated heterocycles. The fourth-order valence-electron chi connectivity index (χ4n) is 1.58. The molecule has 1 atom stereocenters. The standard InChI is InChI=1S/C13H11BrClFS/c1-2-9-4-6-12(17-9)13(14)10-7-8(15)3-5-11(10)16/h3-7,13H,2H2,1H3. The van der Waals surface area contributed by atoms with Crippen molar-refractivity contribution in [3.63, 3.8) is 0 Å². The zero-order valence-electron chi connectivity index (χ0n) is 9.21. The SMILES string of the molecule is CCc1ccc(C(Br)c2cc(Cl)ccc2F)s1. The fraction of sp³-hybridized carbons (Fsp3) is 0.231. The van der Waals surface area contributed by atoms with E-state index >= 15 is 0 Å². The summed E-state index contributed by atoms with van der Waals surface area (Å²) in [6.07, 6.45) is 1.00. The minimum atomic E-state index is -0.234. The van der Waals surface area contributed by atoms with Gasteiger partial charge >= 0.3 is 0 Å². The molecular weight excluding hydrogens is 323 g/mol. The highest BCUT2D eigenvalue weighted by molar-refractivity contribution is 9.09. The molecule has 0 radical (unpaired) electrons. The second-order valence-corrected chi connectivity index (χ2v) is 6.24. The number of hydrogen-bond donors (Lipinski definition) is 0. The zero-order chi connectivity index (χ0) is 12.4. The maximum absolute atomic E-state index is 13.7. The van der Waals surface area contributed by atoms with Crippen LogP contribution in [0.25, 0.3) is 0 Å². The minimum absolute atomic E-state index is 0.133. The van der Waals surface area contributed by atoms with E-state index in [9.17, 15) is 4.39 Å². The van der Waals surface area contributed by atoms with Crippen LogP contribution in [0.4, 0.5) is 4.39 Å². The van der Waals surface area contributed by atoms with Crippen molar-refractivity contribution < 1.29 is 4.39 Å². The van der Waals surface area contributed by atoms with E-state index in [-0.39, 0.29) is 10.6 Å². The van der Waals surface area contributed by atoms with Crippen molar-refractivity contribution in [3.8, 4) is 0 Å². The predicted molar refractivity (Wildman–Crippen MR) is 75.9 cm³/mol. The molecule has 0 bridgehead atoms. The van der Waals surface area contributed by atoms with Crippen LogP contribution in [0.15, 0.2) is 30.3 Å². The fourth-order valence-corrected chi connectivity index (χ4v) is 3.50. The van der Waals surface area contributed by atoms with Crippen LogP contribution in [0.1, 0.15) is 27.1 Å². The quantitative estimate of drug-likeness (QED) is 0.643. The molecule has 0 aliphatic heterocycles. The number of rotatable bonds is 3. The van der Waals surface area contributed by atoms with E-state index in [0.29, 0.717) is 10.6 Å². The summed E-state index contributed by atoms with van der Waals surface area (Å²) in [4.78, 5) is 2.27. The molecule has 0 spiro atoms. The van der Waals surface area contributed by atoms with E-state index in [0.717, 1.165) is 11.3 Å². The summed E-state index contributed by atoms with van der Waals surface area (Å²) in [5, 5.41) is 0.554. The maximum atomic E-state index is 13.7. The minimum Gasteiger partial charge on any atom is -0.207 e. The highest BCUT2D eigenvalue weighted by Gasteiger charge is 2.17. The van der Waals surface area contributed by atoms with Crippen molar-refractivity contribution >= 4 is 38.9 Å². The van der Waals surface area contributed by atoms with Gasteiger partial charge in [0.1, 0.15) is 5.82 Å². The Bertz CT molecular complexity index is 524. The van der Waals surface area contributed by atoms with Gasteiger partial charge in [0.15, 0.2) is 0 Å². The Kier molecular flexibility index (Phi) is 4.23. The van der Waals surface area contributed by atoms with Crippen molar-refractivity contribution in [1.82, 2.24) is 0 Å². The molecule has 2 aromatic rings. The number of halogens is 3. The van der Waals surface area contributed by atoms with Gasteiger partial charge in [-0.3, -0.25) is 0 Å². The van der Waals surface area contributed by atoms with Gasteiger partial charge in [0.05, 0.1) is 4.83 Å². The van der Waals surface area contributed by atoms with Crippen molar-refractivity contribution in [2.45, 2.75) is 18.2 Å². The van der Waals surface area contributed by atoms with Crippen molar-refractivity contribution in [2.24, 2.45) is 0 Å². The van der Waals surface area contributed by atoms with Crippen LogP contribution in [-0.4, -0.2) is 0 Å². The molecule has 1 aromatic carbocycles. The lowest BCUT2D eigenvalue weighted by Crippen LogP contribution is -1.94. The van der Waals surface area contributed by atoms with Crippen LogP contribution in [0.5, 0.6) is 0 Å². The van der Waals surface area contributed by atoms with Gasteiger partial charge in [-0.1, -0.05) is 34.5 Å². The lowest BCUT2D eigenvalue weighted by Gasteiger charge is -2.09. The second kappa shape index (κ2) is 5.51. The van der Waals surface area contributed by atoms with Gasteiger partial charge in [-0.15, -0.1) is 11.3 Å². The molecule has 2 rings (SSSR count). The summed E-state index contributed by atoms with van der Waals surface area (Å²) >= 11 is 11.1. The van der Waals surface area contributed by atoms with E-state index in [2.05, 4.69) is 28.9 Å². The second-order valence-electron chi connectivity index (χ2n) is 3.69. The molecule has 1 aromatic heterocycles. The number of alkyl halides is 1. The van der Waals surface area contributed by atoms with Gasteiger partial charge in [0.2, 0.25) is 0 Å². The van der Waals surface area contributed by atoms with Crippen molar-refractivity contribution in [1.29, 1.82) is 0 Å². The highest BCUT2D eigenvalue weighted by Crippen LogP contribution is 2.37. The van der Waals surface area contributed by atoms with Crippen molar-refractivity contribution in [3.05, 3.63) is 56.5 Å². The number of benzene rings is 1. The third kappa shape index (κ3) is 2.90.